The normalized spacial score (nSPS) is 11.3. The van der Waals surface area contributed by atoms with Gasteiger partial charge in [0.25, 0.3) is 0 Å². The number of sulfone groups is 1. The standard InChI is InChI=1S/C17H14ClN3O3S2/c18-13-8-6-12(7-9-13)10-16-20-21-17(25-16)19-15(22)11-26(23,24)14-4-2-1-3-5-14/h1-9H,10-11H2,(H,19,21,22). The van der Waals surface area contributed by atoms with Gasteiger partial charge in [0, 0.05) is 11.4 Å². The number of aromatic nitrogens is 2. The fourth-order valence-corrected chi connectivity index (χ4v) is 4.26. The first kappa shape index (κ1) is 18.5. The van der Waals surface area contributed by atoms with Crippen LogP contribution in [-0.4, -0.2) is 30.3 Å². The van der Waals surface area contributed by atoms with Crippen molar-refractivity contribution in [3.8, 4) is 0 Å². The maximum Gasteiger partial charge on any atom is 0.241 e. The number of hydrogen-bond acceptors (Lipinski definition) is 6. The van der Waals surface area contributed by atoms with E-state index in [2.05, 4.69) is 15.5 Å². The molecule has 2 aromatic carbocycles. The molecule has 6 nitrogen and oxygen atoms in total. The van der Waals surface area contributed by atoms with Crippen LogP contribution in [0.5, 0.6) is 0 Å². The molecule has 26 heavy (non-hydrogen) atoms. The minimum absolute atomic E-state index is 0.107. The summed E-state index contributed by atoms with van der Waals surface area (Å²) in [5.41, 5.74) is 1.01. The molecule has 0 saturated heterocycles. The van der Waals surface area contributed by atoms with Crippen molar-refractivity contribution in [2.75, 3.05) is 11.1 Å². The van der Waals surface area contributed by atoms with Crippen molar-refractivity contribution in [1.29, 1.82) is 0 Å². The molecule has 0 unspecified atom stereocenters. The highest BCUT2D eigenvalue weighted by molar-refractivity contribution is 7.92. The van der Waals surface area contributed by atoms with E-state index in [0.29, 0.717) is 16.5 Å². The molecule has 0 aliphatic carbocycles. The number of carbonyl (C=O) groups is 1. The van der Waals surface area contributed by atoms with E-state index in [1.807, 2.05) is 12.1 Å². The Hall–Kier alpha value is -2.29. The van der Waals surface area contributed by atoms with Crippen LogP contribution in [0.15, 0.2) is 59.5 Å². The Kier molecular flexibility index (Phi) is 5.65. The molecule has 0 aliphatic rings. The number of amides is 1. The molecular weight excluding hydrogens is 394 g/mol. The van der Waals surface area contributed by atoms with Crippen molar-refractivity contribution in [2.24, 2.45) is 0 Å². The molecule has 0 radical (unpaired) electrons. The molecule has 0 aliphatic heterocycles. The summed E-state index contributed by atoms with van der Waals surface area (Å²) >= 11 is 7.05. The van der Waals surface area contributed by atoms with E-state index in [1.54, 1.807) is 30.3 Å². The lowest BCUT2D eigenvalue weighted by atomic mass is 10.2. The summed E-state index contributed by atoms with van der Waals surface area (Å²) in [4.78, 5) is 12.1. The van der Waals surface area contributed by atoms with E-state index in [9.17, 15) is 13.2 Å². The van der Waals surface area contributed by atoms with Crippen molar-refractivity contribution in [3.63, 3.8) is 0 Å². The lowest BCUT2D eigenvalue weighted by molar-refractivity contribution is -0.113. The van der Waals surface area contributed by atoms with Crippen molar-refractivity contribution in [3.05, 3.63) is 70.2 Å². The lowest BCUT2D eigenvalue weighted by Gasteiger charge is -2.03. The van der Waals surface area contributed by atoms with Crippen LogP contribution in [-0.2, 0) is 21.1 Å². The molecule has 1 aromatic heterocycles. The van der Waals surface area contributed by atoms with Crippen LogP contribution in [0.3, 0.4) is 0 Å². The molecular formula is C17H14ClN3O3S2. The second-order valence-electron chi connectivity index (χ2n) is 5.42. The van der Waals surface area contributed by atoms with Gasteiger partial charge >= 0.3 is 0 Å². The Morgan fingerprint density at radius 3 is 2.42 bits per heavy atom. The van der Waals surface area contributed by atoms with Gasteiger partial charge in [0.15, 0.2) is 9.84 Å². The highest BCUT2D eigenvalue weighted by Crippen LogP contribution is 2.20. The smallest absolute Gasteiger partial charge is 0.241 e. The Bertz CT molecular complexity index is 1000. The number of rotatable bonds is 6. The van der Waals surface area contributed by atoms with E-state index >= 15 is 0 Å². The van der Waals surface area contributed by atoms with Gasteiger partial charge in [-0.15, -0.1) is 10.2 Å². The van der Waals surface area contributed by atoms with Crippen LogP contribution in [0, 0.1) is 0 Å². The van der Waals surface area contributed by atoms with Crippen molar-refractivity contribution >= 4 is 43.8 Å². The second kappa shape index (κ2) is 7.94. The molecule has 3 aromatic rings. The number of nitrogens with zero attached hydrogens (tertiary/aromatic N) is 2. The first-order valence-corrected chi connectivity index (χ1v) is 10.4. The SMILES string of the molecule is O=C(CS(=O)(=O)c1ccccc1)Nc1nnc(Cc2ccc(Cl)cc2)s1. The molecule has 0 fully saturated rings. The average molecular weight is 408 g/mol. The van der Waals surface area contributed by atoms with Crippen molar-refractivity contribution in [1.82, 2.24) is 10.2 Å². The minimum atomic E-state index is -3.69. The maximum atomic E-state index is 12.2. The summed E-state index contributed by atoms with van der Waals surface area (Å²) in [6, 6.07) is 15.2. The molecule has 1 heterocycles. The third-order valence-electron chi connectivity index (χ3n) is 3.41. The largest absolute Gasteiger partial charge is 0.300 e. The summed E-state index contributed by atoms with van der Waals surface area (Å²) in [6.07, 6.45) is 0.549. The molecule has 1 N–H and O–H groups in total. The Morgan fingerprint density at radius 1 is 1.04 bits per heavy atom. The van der Waals surface area contributed by atoms with Gasteiger partial charge in [0.2, 0.25) is 11.0 Å². The van der Waals surface area contributed by atoms with Gasteiger partial charge in [-0.2, -0.15) is 0 Å². The van der Waals surface area contributed by atoms with Gasteiger partial charge in [0.05, 0.1) is 4.90 Å². The molecule has 3 rings (SSSR count). The fourth-order valence-electron chi connectivity index (χ4n) is 2.19. The zero-order valence-corrected chi connectivity index (χ0v) is 15.8. The van der Waals surface area contributed by atoms with Crippen molar-refractivity contribution in [2.45, 2.75) is 11.3 Å². The molecule has 0 bridgehead atoms. The van der Waals surface area contributed by atoms with Crippen LogP contribution in [0.25, 0.3) is 0 Å². The van der Waals surface area contributed by atoms with Gasteiger partial charge in [0.1, 0.15) is 10.8 Å². The molecule has 0 saturated carbocycles. The molecule has 9 heteroatoms. The number of carbonyl (C=O) groups excluding carboxylic acids is 1. The highest BCUT2D eigenvalue weighted by atomic mass is 35.5. The average Bonchev–Trinajstić information content (AvgIpc) is 3.04. The van der Waals surface area contributed by atoms with E-state index in [-0.39, 0.29) is 10.0 Å². The van der Waals surface area contributed by atoms with Gasteiger partial charge in [-0.1, -0.05) is 53.3 Å². The molecule has 1 amide bonds. The van der Waals surface area contributed by atoms with Gasteiger partial charge in [-0.05, 0) is 29.8 Å². The molecule has 134 valence electrons. The number of anilines is 1. The third-order valence-corrected chi connectivity index (χ3v) is 6.13. The molecule has 0 spiro atoms. The second-order valence-corrected chi connectivity index (χ2v) is 8.91. The lowest BCUT2D eigenvalue weighted by Crippen LogP contribution is -2.22. The van der Waals surface area contributed by atoms with E-state index in [4.69, 9.17) is 11.6 Å². The van der Waals surface area contributed by atoms with Gasteiger partial charge in [-0.25, -0.2) is 8.42 Å². The Balaban J connectivity index is 1.62. The zero-order valence-electron chi connectivity index (χ0n) is 13.4. The minimum Gasteiger partial charge on any atom is -0.300 e. The third kappa shape index (κ3) is 4.87. The number of benzene rings is 2. The topological polar surface area (TPSA) is 89.0 Å². The highest BCUT2D eigenvalue weighted by Gasteiger charge is 2.20. The number of nitrogens with one attached hydrogen (secondary N) is 1. The number of halogens is 1. The van der Waals surface area contributed by atoms with Crippen LogP contribution >= 0.6 is 22.9 Å². The quantitative estimate of drug-likeness (QED) is 0.677. The van der Waals surface area contributed by atoms with Gasteiger partial charge in [-0.3, -0.25) is 10.1 Å². The zero-order chi connectivity index (χ0) is 18.6. The summed E-state index contributed by atoms with van der Waals surface area (Å²) in [6.45, 7) is 0. The predicted molar refractivity (Wildman–Crippen MR) is 101 cm³/mol. The van der Waals surface area contributed by atoms with Crippen molar-refractivity contribution < 1.29 is 13.2 Å². The Morgan fingerprint density at radius 2 is 1.73 bits per heavy atom. The van der Waals surface area contributed by atoms with E-state index in [1.165, 1.54) is 23.5 Å². The monoisotopic (exact) mass is 407 g/mol. The van der Waals surface area contributed by atoms with E-state index in [0.717, 1.165) is 5.56 Å². The summed E-state index contributed by atoms with van der Waals surface area (Å²) < 4.78 is 24.4. The number of hydrogen-bond donors (Lipinski definition) is 1. The van der Waals surface area contributed by atoms with Crippen LogP contribution in [0.2, 0.25) is 5.02 Å². The predicted octanol–water partition coefficient (Wildman–Crippen LogP) is 3.19. The Labute approximate surface area is 159 Å². The maximum absolute atomic E-state index is 12.2. The van der Waals surface area contributed by atoms with E-state index < -0.39 is 21.5 Å². The van der Waals surface area contributed by atoms with Crippen LogP contribution < -0.4 is 5.32 Å². The summed E-state index contributed by atoms with van der Waals surface area (Å²) in [7, 11) is -3.69. The summed E-state index contributed by atoms with van der Waals surface area (Å²) in [5.74, 6) is -1.30. The van der Waals surface area contributed by atoms with Gasteiger partial charge < -0.3 is 0 Å². The van der Waals surface area contributed by atoms with Crippen LogP contribution in [0.4, 0.5) is 5.13 Å². The first-order chi connectivity index (χ1) is 12.4. The summed E-state index contributed by atoms with van der Waals surface area (Å²) in [5, 5.41) is 12.0. The fraction of sp³-hybridized carbons (Fsp3) is 0.118. The van der Waals surface area contributed by atoms with Crippen LogP contribution in [0.1, 0.15) is 10.6 Å². The first-order valence-electron chi connectivity index (χ1n) is 7.57. The molecule has 0 atom stereocenters.